The molecule has 0 amide bonds. The largest absolute Gasteiger partial charge is 0.403 e. The molecule has 0 fully saturated rings. The van der Waals surface area contributed by atoms with Crippen molar-refractivity contribution in [1.82, 2.24) is 14.9 Å². The third kappa shape index (κ3) is 5.94. The van der Waals surface area contributed by atoms with Crippen molar-refractivity contribution < 1.29 is 0 Å². The molecule has 18 heavy (non-hydrogen) atoms. The van der Waals surface area contributed by atoms with E-state index in [1.165, 1.54) is 6.20 Å². The predicted molar refractivity (Wildman–Crippen MR) is 79.2 cm³/mol. The highest BCUT2D eigenvalue weighted by molar-refractivity contribution is 5.74. The highest BCUT2D eigenvalue weighted by Crippen LogP contribution is 2.08. The van der Waals surface area contributed by atoms with E-state index >= 15 is 0 Å². The minimum atomic E-state index is 0.973. The molecule has 2 aromatic rings. The second-order valence-electron chi connectivity index (χ2n) is 3.64. The number of aryl methyl sites for hydroxylation is 1. The first-order valence-corrected chi connectivity index (χ1v) is 6.09. The fourth-order valence-electron chi connectivity index (χ4n) is 1.25. The average Bonchev–Trinajstić information content (AvgIpc) is 2.72. The molecule has 2 rings (SSSR count). The number of H-pyrrole nitrogens is 1. The van der Waals surface area contributed by atoms with E-state index in [1.807, 2.05) is 64.0 Å². The van der Waals surface area contributed by atoms with Crippen LogP contribution in [0.5, 0.6) is 0 Å². The number of para-hydroxylation sites is 2. The van der Waals surface area contributed by atoms with Gasteiger partial charge in [-0.1, -0.05) is 26.0 Å². The summed E-state index contributed by atoms with van der Waals surface area (Å²) in [4.78, 5) is 9.28. The first-order chi connectivity index (χ1) is 8.63. The average molecular weight is 248 g/mol. The van der Waals surface area contributed by atoms with Gasteiger partial charge in [-0.05, 0) is 19.1 Å². The smallest absolute Gasteiger partial charge is 0.104 e. The van der Waals surface area contributed by atoms with Crippen LogP contribution < -0.4 is 5.73 Å². The molecule has 3 N–H and O–H groups in total. The van der Waals surface area contributed by atoms with E-state index in [0.717, 1.165) is 16.9 Å². The zero-order chi connectivity index (χ0) is 14.0. The van der Waals surface area contributed by atoms with Crippen LogP contribution in [0.15, 0.2) is 36.7 Å². The predicted octanol–water partition coefficient (Wildman–Crippen LogP) is 2.88. The van der Waals surface area contributed by atoms with E-state index < -0.39 is 0 Å². The number of nitrogens with zero attached hydrogens (tertiary/aromatic N) is 2. The lowest BCUT2D eigenvalue weighted by Crippen LogP contribution is -2.01. The van der Waals surface area contributed by atoms with Crippen LogP contribution in [0, 0.1) is 6.92 Å². The molecular formula is C14H24N4. The van der Waals surface area contributed by atoms with Crippen LogP contribution in [0.4, 0.5) is 0 Å². The van der Waals surface area contributed by atoms with Gasteiger partial charge in [0, 0.05) is 26.5 Å². The van der Waals surface area contributed by atoms with Gasteiger partial charge in [0.15, 0.2) is 0 Å². The Morgan fingerprint density at radius 2 is 1.83 bits per heavy atom. The van der Waals surface area contributed by atoms with Gasteiger partial charge in [-0.2, -0.15) is 0 Å². The molecule has 0 radical (unpaired) electrons. The molecule has 1 heterocycles. The summed E-state index contributed by atoms with van der Waals surface area (Å²) in [6, 6.07) is 8.01. The molecule has 4 heteroatoms. The first-order valence-electron chi connectivity index (χ1n) is 6.09. The minimum Gasteiger partial charge on any atom is -0.403 e. The molecule has 0 aliphatic rings. The third-order valence-electron chi connectivity index (χ3n) is 1.89. The van der Waals surface area contributed by atoms with Crippen molar-refractivity contribution in [2.24, 2.45) is 5.73 Å². The molecule has 0 aliphatic carbocycles. The van der Waals surface area contributed by atoms with Crippen molar-refractivity contribution >= 4 is 11.0 Å². The number of nitrogens with one attached hydrogen (secondary N) is 1. The molecule has 0 atom stereocenters. The maximum atomic E-state index is 5.01. The minimum absolute atomic E-state index is 0.973. The Morgan fingerprint density at radius 3 is 2.28 bits per heavy atom. The van der Waals surface area contributed by atoms with Crippen LogP contribution in [0.2, 0.25) is 0 Å². The highest BCUT2D eigenvalue weighted by atomic mass is 15.0. The Labute approximate surface area is 110 Å². The van der Waals surface area contributed by atoms with Crippen molar-refractivity contribution in [3.63, 3.8) is 0 Å². The number of nitrogens with two attached hydrogens (primary N) is 1. The van der Waals surface area contributed by atoms with E-state index in [-0.39, 0.29) is 0 Å². The lowest BCUT2D eigenvalue weighted by atomic mass is 10.3. The van der Waals surface area contributed by atoms with Crippen LogP contribution in [0.25, 0.3) is 11.0 Å². The summed E-state index contributed by atoms with van der Waals surface area (Å²) in [6.07, 6.45) is 3.28. The van der Waals surface area contributed by atoms with Gasteiger partial charge in [0.1, 0.15) is 5.82 Å². The highest BCUT2D eigenvalue weighted by Gasteiger charge is 1.93. The summed E-state index contributed by atoms with van der Waals surface area (Å²) in [5, 5.41) is 0. The molecule has 1 aromatic heterocycles. The number of benzene rings is 1. The van der Waals surface area contributed by atoms with Crippen LogP contribution in [-0.2, 0) is 0 Å². The molecule has 4 nitrogen and oxygen atoms in total. The van der Waals surface area contributed by atoms with Gasteiger partial charge < -0.3 is 15.6 Å². The number of aromatic amines is 1. The van der Waals surface area contributed by atoms with Crippen molar-refractivity contribution in [3.8, 4) is 0 Å². The van der Waals surface area contributed by atoms with E-state index in [2.05, 4.69) is 9.97 Å². The Hall–Kier alpha value is -1.97. The summed E-state index contributed by atoms with van der Waals surface area (Å²) >= 11 is 0. The maximum absolute atomic E-state index is 5.01. The number of aromatic nitrogens is 2. The van der Waals surface area contributed by atoms with Crippen molar-refractivity contribution in [2.45, 2.75) is 20.8 Å². The molecule has 0 spiro atoms. The molecule has 0 unspecified atom stereocenters. The molecule has 1 aromatic carbocycles. The fourth-order valence-corrected chi connectivity index (χ4v) is 1.25. The summed E-state index contributed by atoms with van der Waals surface area (Å²) in [6.45, 7) is 5.96. The van der Waals surface area contributed by atoms with Crippen molar-refractivity contribution in [2.75, 3.05) is 14.1 Å². The lowest BCUT2D eigenvalue weighted by Gasteiger charge is -1.99. The van der Waals surface area contributed by atoms with Crippen molar-refractivity contribution in [1.29, 1.82) is 0 Å². The second kappa shape index (κ2) is 9.10. The first kappa shape index (κ1) is 16.0. The quantitative estimate of drug-likeness (QED) is 0.816. The third-order valence-corrected chi connectivity index (χ3v) is 1.89. The SMILES string of the molecule is CC.CN(C)/C=C\N.Cc1nc2ccccc2[nH]1. The van der Waals surface area contributed by atoms with Crippen LogP contribution >= 0.6 is 0 Å². The number of rotatable bonds is 1. The second-order valence-corrected chi connectivity index (χ2v) is 3.64. The molecule has 100 valence electrons. The van der Waals surface area contributed by atoms with E-state index in [9.17, 15) is 0 Å². The Kier molecular flexibility index (Phi) is 8.10. The lowest BCUT2D eigenvalue weighted by molar-refractivity contribution is 0.562. The summed E-state index contributed by atoms with van der Waals surface area (Å²) in [7, 11) is 3.84. The van der Waals surface area contributed by atoms with Gasteiger partial charge >= 0.3 is 0 Å². The maximum Gasteiger partial charge on any atom is 0.104 e. The van der Waals surface area contributed by atoms with Crippen molar-refractivity contribution in [3.05, 3.63) is 42.5 Å². The zero-order valence-electron chi connectivity index (χ0n) is 11.9. The van der Waals surface area contributed by atoms with E-state index in [4.69, 9.17) is 5.73 Å². The number of fused-ring (bicyclic) bond motifs is 1. The molecule has 0 bridgehead atoms. The number of hydrogen-bond donors (Lipinski definition) is 2. The fraction of sp³-hybridized carbons (Fsp3) is 0.357. The Morgan fingerprint density at radius 1 is 1.22 bits per heavy atom. The standard InChI is InChI=1S/C8H8N2.C4H10N2.C2H6/c1-6-9-7-4-2-3-5-8(7)10-6;1-6(2)4-3-5;1-2/h2-5H,1H3,(H,9,10);3-4H,5H2,1-2H3;1-2H3/b;4-3-;. The summed E-state index contributed by atoms with van der Waals surface area (Å²) in [5.74, 6) is 0.973. The van der Waals surface area contributed by atoms with E-state index in [0.29, 0.717) is 0 Å². The molecule has 0 aliphatic heterocycles. The van der Waals surface area contributed by atoms with Gasteiger partial charge in [-0.25, -0.2) is 4.98 Å². The van der Waals surface area contributed by atoms with Gasteiger partial charge in [0.05, 0.1) is 11.0 Å². The van der Waals surface area contributed by atoms with E-state index in [1.54, 1.807) is 6.20 Å². The van der Waals surface area contributed by atoms with Gasteiger partial charge in [0.25, 0.3) is 0 Å². The van der Waals surface area contributed by atoms with Crippen LogP contribution in [0.3, 0.4) is 0 Å². The Balaban J connectivity index is 0.000000315. The monoisotopic (exact) mass is 248 g/mol. The van der Waals surface area contributed by atoms with Crippen LogP contribution in [-0.4, -0.2) is 29.0 Å². The number of imidazole rings is 1. The topological polar surface area (TPSA) is 57.9 Å². The summed E-state index contributed by atoms with van der Waals surface area (Å²) < 4.78 is 0. The number of hydrogen-bond acceptors (Lipinski definition) is 3. The van der Waals surface area contributed by atoms with Gasteiger partial charge in [0.2, 0.25) is 0 Å². The Bertz CT molecular complexity index is 425. The summed E-state index contributed by atoms with van der Waals surface area (Å²) in [5.41, 5.74) is 7.16. The zero-order valence-corrected chi connectivity index (χ0v) is 11.9. The molecular weight excluding hydrogens is 224 g/mol. The van der Waals surface area contributed by atoms with Gasteiger partial charge in [-0.15, -0.1) is 0 Å². The molecule has 0 saturated heterocycles. The van der Waals surface area contributed by atoms with Gasteiger partial charge in [-0.3, -0.25) is 0 Å². The molecule has 0 saturated carbocycles. The van der Waals surface area contributed by atoms with Crippen LogP contribution in [0.1, 0.15) is 19.7 Å². The normalized spacial score (nSPS) is 9.39.